The van der Waals surface area contributed by atoms with Crippen LogP contribution in [0.3, 0.4) is 0 Å². The molecule has 1 amide bonds. The number of hydrogen-bond acceptors (Lipinski definition) is 4. The molecule has 25 heavy (non-hydrogen) atoms. The first kappa shape index (κ1) is 17.0. The summed E-state index contributed by atoms with van der Waals surface area (Å²) in [5.41, 5.74) is 0.899. The van der Waals surface area contributed by atoms with Crippen LogP contribution in [0.5, 0.6) is 0 Å². The molecule has 3 rings (SSSR count). The molecular formula is C18H22N4O3. The summed E-state index contributed by atoms with van der Waals surface area (Å²) in [7, 11) is 0. The number of fused-ring (bicyclic) bond motifs is 3. The van der Waals surface area contributed by atoms with Crippen molar-refractivity contribution in [2.45, 2.75) is 39.2 Å². The van der Waals surface area contributed by atoms with Crippen molar-refractivity contribution >= 4 is 22.5 Å². The highest BCUT2D eigenvalue weighted by Gasteiger charge is 2.15. The fourth-order valence-electron chi connectivity index (χ4n) is 2.78. The molecular weight excluding hydrogens is 320 g/mol. The molecule has 0 saturated carbocycles. The van der Waals surface area contributed by atoms with E-state index in [0.29, 0.717) is 12.2 Å². The summed E-state index contributed by atoms with van der Waals surface area (Å²) in [5, 5.41) is 11.3. The van der Waals surface area contributed by atoms with Gasteiger partial charge in [-0.25, -0.2) is 19.1 Å². The van der Waals surface area contributed by atoms with E-state index in [0.717, 1.165) is 29.2 Å². The number of amides is 1. The maximum absolute atomic E-state index is 11.9. The molecule has 0 saturated heterocycles. The number of aryl methyl sites for hydroxylation is 1. The SMILES string of the molecule is CC(C)(C)OC(=O)NCCCc1cn2c(=O)[nH]nc2c2ccccc12. The quantitative estimate of drug-likeness (QED) is 0.713. The molecule has 3 aromatic rings. The van der Waals surface area contributed by atoms with E-state index in [1.165, 1.54) is 4.40 Å². The van der Waals surface area contributed by atoms with E-state index in [1.54, 1.807) is 0 Å². The lowest BCUT2D eigenvalue weighted by Crippen LogP contribution is -2.33. The molecule has 0 unspecified atom stereocenters. The Balaban J connectivity index is 1.74. The minimum absolute atomic E-state index is 0.256. The van der Waals surface area contributed by atoms with E-state index in [-0.39, 0.29) is 5.69 Å². The Morgan fingerprint density at radius 3 is 2.72 bits per heavy atom. The standard InChI is InChI=1S/C18H22N4O3/c1-18(2,3)25-17(24)19-10-6-7-12-11-22-15(20-21-16(22)23)14-9-5-4-8-13(12)14/h4-5,8-9,11H,6-7,10H2,1-3H3,(H,19,24)(H,21,23). The normalized spacial score (nSPS) is 11.8. The van der Waals surface area contributed by atoms with E-state index in [9.17, 15) is 9.59 Å². The summed E-state index contributed by atoms with van der Waals surface area (Å²) in [6, 6.07) is 7.86. The van der Waals surface area contributed by atoms with Gasteiger partial charge in [-0.15, -0.1) is 0 Å². The van der Waals surface area contributed by atoms with Crippen molar-refractivity contribution in [2.75, 3.05) is 6.54 Å². The number of aromatic amines is 1. The first-order valence-electron chi connectivity index (χ1n) is 8.29. The molecule has 0 aliphatic heterocycles. The number of ether oxygens (including phenoxy) is 1. The number of aromatic nitrogens is 3. The summed E-state index contributed by atoms with van der Waals surface area (Å²) in [5.74, 6) is 0. The second-order valence-corrected chi connectivity index (χ2v) is 6.95. The van der Waals surface area contributed by atoms with Crippen molar-refractivity contribution in [2.24, 2.45) is 0 Å². The molecule has 0 fully saturated rings. The molecule has 7 nitrogen and oxygen atoms in total. The van der Waals surface area contributed by atoms with E-state index < -0.39 is 11.7 Å². The van der Waals surface area contributed by atoms with Gasteiger partial charge in [0.05, 0.1) is 0 Å². The van der Waals surface area contributed by atoms with E-state index in [2.05, 4.69) is 15.5 Å². The maximum Gasteiger partial charge on any atom is 0.407 e. The number of carbonyl (C=O) groups is 1. The number of hydrogen-bond donors (Lipinski definition) is 2. The fraction of sp³-hybridized carbons (Fsp3) is 0.389. The zero-order chi connectivity index (χ0) is 18.0. The van der Waals surface area contributed by atoms with Crippen LogP contribution in [0.25, 0.3) is 16.4 Å². The Labute approximate surface area is 145 Å². The van der Waals surface area contributed by atoms with Gasteiger partial charge in [0, 0.05) is 18.1 Å². The summed E-state index contributed by atoms with van der Waals surface area (Å²) in [4.78, 5) is 23.6. The first-order valence-corrected chi connectivity index (χ1v) is 8.29. The van der Waals surface area contributed by atoms with Gasteiger partial charge in [0.1, 0.15) is 5.60 Å². The first-order chi connectivity index (χ1) is 11.8. The number of H-pyrrole nitrogens is 1. The second kappa shape index (κ2) is 6.58. The van der Waals surface area contributed by atoms with Crippen molar-refractivity contribution in [3.05, 3.63) is 46.5 Å². The van der Waals surface area contributed by atoms with Crippen LogP contribution >= 0.6 is 0 Å². The van der Waals surface area contributed by atoms with Crippen LogP contribution in [0.15, 0.2) is 35.3 Å². The molecule has 1 aromatic carbocycles. The average molecular weight is 342 g/mol. The van der Waals surface area contributed by atoms with Gasteiger partial charge in [0.25, 0.3) is 0 Å². The number of nitrogens with one attached hydrogen (secondary N) is 2. The third-order valence-corrected chi connectivity index (χ3v) is 3.79. The predicted molar refractivity (Wildman–Crippen MR) is 95.9 cm³/mol. The summed E-state index contributed by atoms with van der Waals surface area (Å²) >= 11 is 0. The monoisotopic (exact) mass is 342 g/mol. The van der Waals surface area contributed by atoms with Gasteiger partial charge in [-0.1, -0.05) is 24.3 Å². The molecule has 2 heterocycles. The van der Waals surface area contributed by atoms with Crippen LogP contribution in [0.4, 0.5) is 4.79 Å². The number of nitrogens with zero attached hydrogens (tertiary/aromatic N) is 2. The molecule has 0 aliphatic carbocycles. The highest BCUT2D eigenvalue weighted by Crippen LogP contribution is 2.22. The van der Waals surface area contributed by atoms with Crippen molar-refractivity contribution < 1.29 is 9.53 Å². The van der Waals surface area contributed by atoms with Gasteiger partial charge in [0.2, 0.25) is 0 Å². The highest BCUT2D eigenvalue weighted by atomic mass is 16.6. The molecule has 132 valence electrons. The van der Waals surface area contributed by atoms with Crippen molar-refractivity contribution in [3.8, 4) is 0 Å². The average Bonchev–Trinajstić information content (AvgIpc) is 2.91. The second-order valence-electron chi connectivity index (χ2n) is 6.95. The van der Waals surface area contributed by atoms with Gasteiger partial charge in [-0.3, -0.25) is 0 Å². The van der Waals surface area contributed by atoms with Crippen molar-refractivity contribution in [3.63, 3.8) is 0 Å². The maximum atomic E-state index is 11.9. The van der Waals surface area contributed by atoms with Gasteiger partial charge in [-0.05, 0) is 44.6 Å². The lowest BCUT2D eigenvalue weighted by molar-refractivity contribution is 0.0527. The third-order valence-electron chi connectivity index (χ3n) is 3.79. The smallest absolute Gasteiger partial charge is 0.407 e. The molecule has 0 atom stereocenters. The van der Waals surface area contributed by atoms with Gasteiger partial charge in [-0.2, -0.15) is 5.10 Å². The van der Waals surface area contributed by atoms with E-state index in [4.69, 9.17) is 4.74 Å². The predicted octanol–water partition coefficient (Wildman–Crippen LogP) is 2.63. The van der Waals surface area contributed by atoms with Gasteiger partial charge < -0.3 is 10.1 Å². The van der Waals surface area contributed by atoms with E-state index in [1.807, 2.05) is 51.2 Å². The Hall–Kier alpha value is -2.83. The number of alkyl carbamates (subject to hydrolysis) is 1. The molecule has 2 aromatic heterocycles. The molecule has 0 bridgehead atoms. The van der Waals surface area contributed by atoms with Crippen LogP contribution in [0, 0.1) is 0 Å². The highest BCUT2D eigenvalue weighted by molar-refractivity contribution is 5.95. The topological polar surface area (TPSA) is 88.5 Å². The lowest BCUT2D eigenvalue weighted by Gasteiger charge is -2.19. The third kappa shape index (κ3) is 3.81. The van der Waals surface area contributed by atoms with Crippen LogP contribution in [0.2, 0.25) is 0 Å². The van der Waals surface area contributed by atoms with Crippen LogP contribution in [-0.4, -0.2) is 32.8 Å². The Bertz CT molecular complexity index is 966. The number of pyridine rings is 1. The van der Waals surface area contributed by atoms with Crippen LogP contribution < -0.4 is 11.0 Å². The molecule has 2 N–H and O–H groups in total. The number of benzene rings is 1. The molecule has 0 radical (unpaired) electrons. The van der Waals surface area contributed by atoms with Gasteiger partial charge >= 0.3 is 11.8 Å². The Kier molecular flexibility index (Phi) is 4.48. The molecule has 0 spiro atoms. The van der Waals surface area contributed by atoms with Crippen LogP contribution in [0.1, 0.15) is 32.8 Å². The Morgan fingerprint density at radius 1 is 1.28 bits per heavy atom. The van der Waals surface area contributed by atoms with Crippen molar-refractivity contribution in [1.29, 1.82) is 0 Å². The molecule has 0 aliphatic rings. The van der Waals surface area contributed by atoms with Gasteiger partial charge in [0.15, 0.2) is 5.65 Å². The van der Waals surface area contributed by atoms with E-state index >= 15 is 0 Å². The zero-order valence-corrected chi connectivity index (χ0v) is 14.6. The summed E-state index contributed by atoms with van der Waals surface area (Å²) < 4.78 is 6.74. The number of rotatable bonds is 4. The summed E-state index contributed by atoms with van der Waals surface area (Å²) in [6.07, 6.45) is 2.86. The minimum atomic E-state index is -0.506. The molecule has 7 heteroatoms. The lowest BCUT2D eigenvalue weighted by atomic mass is 10.0. The zero-order valence-electron chi connectivity index (χ0n) is 14.6. The number of carbonyl (C=O) groups excluding carboxylic acids is 1. The summed E-state index contributed by atoms with van der Waals surface area (Å²) in [6.45, 7) is 5.99. The Morgan fingerprint density at radius 2 is 2.00 bits per heavy atom. The van der Waals surface area contributed by atoms with Crippen LogP contribution in [-0.2, 0) is 11.2 Å². The minimum Gasteiger partial charge on any atom is -0.444 e. The largest absolute Gasteiger partial charge is 0.444 e. The fourth-order valence-corrected chi connectivity index (χ4v) is 2.78. The van der Waals surface area contributed by atoms with Crippen molar-refractivity contribution in [1.82, 2.24) is 19.9 Å².